The quantitative estimate of drug-likeness (QED) is 0.805. The van der Waals surface area contributed by atoms with Crippen LogP contribution in [0.15, 0.2) is 16.5 Å². The maximum atomic E-state index is 12.5. The highest BCUT2D eigenvalue weighted by molar-refractivity contribution is 5.78. The number of amides is 1. The molecule has 1 aliphatic carbocycles. The van der Waals surface area contributed by atoms with E-state index < -0.39 is 0 Å². The third-order valence-electron chi connectivity index (χ3n) is 5.72. The molecule has 1 aliphatic heterocycles. The van der Waals surface area contributed by atoms with E-state index in [4.69, 9.17) is 9.15 Å². The highest BCUT2D eigenvalue weighted by Gasteiger charge is 2.38. The fraction of sp³-hybridized carbons (Fsp3) is 0.750. The fourth-order valence-electron chi connectivity index (χ4n) is 4.31. The number of hydrogen-bond donors (Lipinski definition) is 1. The van der Waals surface area contributed by atoms with Crippen molar-refractivity contribution in [1.29, 1.82) is 0 Å². The van der Waals surface area contributed by atoms with Crippen LogP contribution in [0.4, 0.5) is 0 Å². The number of morpholine rings is 1. The van der Waals surface area contributed by atoms with Crippen LogP contribution in [0.2, 0.25) is 0 Å². The minimum Gasteiger partial charge on any atom is -0.465 e. The Labute approximate surface area is 156 Å². The lowest BCUT2D eigenvalue weighted by molar-refractivity contribution is -0.123. The topological polar surface area (TPSA) is 58.0 Å². The molecule has 6 nitrogen and oxygen atoms in total. The van der Waals surface area contributed by atoms with Crippen LogP contribution in [0.25, 0.3) is 0 Å². The summed E-state index contributed by atoms with van der Waals surface area (Å²) in [5, 5.41) is 3.22. The number of likely N-dealkylation sites (N-methyl/N-ethyl adjacent to an activating group) is 1. The van der Waals surface area contributed by atoms with Crippen LogP contribution >= 0.6 is 0 Å². The number of rotatable bonds is 7. The summed E-state index contributed by atoms with van der Waals surface area (Å²) in [7, 11) is 1.95. The summed E-state index contributed by atoms with van der Waals surface area (Å²) in [6.07, 6.45) is 6.17. The summed E-state index contributed by atoms with van der Waals surface area (Å²) < 4.78 is 11.1. The lowest BCUT2D eigenvalue weighted by atomic mass is 9.79. The first-order valence-corrected chi connectivity index (χ1v) is 9.91. The Kier molecular flexibility index (Phi) is 6.73. The van der Waals surface area contributed by atoms with Crippen molar-refractivity contribution in [3.05, 3.63) is 23.7 Å². The fourth-order valence-corrected chi connectivity index (χ4v) is 4.31. The molecule has 1 aromatic heterocycles. The van der Waals surface area contributed by atoms with Crippen LogP contribution in [0.3, 0.4) is 0 Å². The van der Waals surface area contributed by atoms with E-state index in [-0.39, 0.29) is 11.4 Å². The van der Waals surface area contributed by atoms with Gasteiger partial charge in [-0.15, -0.1) is 0 Å². The molecular weight excluding hydrogens is 330 g/mol. The van der Waals surface area contributed by atoms with Crippen LogP contribution in [-0.4, -0.2) is 67.7 Å². The van der Waals surface area contributed by atoms with Gasteiger partial charge in [-0.05, 0) is 38.9 Å². The molecular formula is C20H33N3O3. The average molecular weight is 364 g/mol. The summed E-state index contributed by atoms with van der Waals surface area (Å²) in [6, 6.07) is 3.93. The van der Waals surface area contributed by atoms with Crippen molar-refractivity contribution in [1.82, 2.24) is 15.1 Å². The van der Waals surface area contributed by atoms with E-state index >= 15 is 0 Å². The Hall–Kier alpha value is -1.37. The van der Waals surface area contributed by atoms with Gasteiger partial charge in [-0.1, -0.05) is 19.3 Å². The minimum atomic E-state index is 0.0917. The standard InChI is InChI=1S/C20H33N3O3/c1-17-6-7-18(26-17)14-22(2)15-19(24)21-16-20(8-4-3-5-9-20)23-10-12-25-13-11-23/h6-7H,3-5,8-16H2,1-2H3,(H,21,24). The number of carbonyl (C=O) groups is 1. The SMILES string of the molecule is Cc1ccc(CN(C)CC(=O)NCC2(N3CCOCC3)CCCCC2)o1. The van der Waals surface area contributed by atoms with Gasteiger partial charge in [0.25, 0.3) is 0 Å². The molecule has 2 aliphatic rings. The van der Waals surface area contributed by atoms with E-state index in [1.807, 2.05) is 31.0 Å². The molecule has 26 heavy (non-hydrogen) atoms. The summed E-state index contributed by atoms with van der Waals surface area (Å²) >= 11 is 0. The largest absolute Gasteiger partial charge is 0.465 e. The first kappa shape index (κ1) is 19.4. The normalized spacial score (nSPS) is 21.0. The second-order valence-corrected chi connectivity index (χ2v) is 7.85. The number of aryl methyl sites for hydroxylation is 1. The molecule has 1 saturated carbocycles. The molecule has 1 N–H and O–H groups in total. The molecule has 3 rings (SSSR count). The minimum absolute atomic E-state index is 0.0917. The molecule has 0 radical (unpaired) electrons. The number of nitrogens with zero attached hydrogens (tertiary/aromatic N) is 2. The summed E-state index contributed by atoms with van der Waals surface area (Å²) in [5.74, 6) is 1.89. The van der Waals surface area contributed by atoms with Gasteiger partial charge in [-0.3, -0.25) is 14.6 Å². The van der Waals surface area contributed by atoms with E-state index in [1.165, 1.54) is 32.1 Å². The molecule has 0 unspecified atom stereocenters. The van der Waals surface area contributed by atoms with E-state index in [0.717, 1.165) is 44.4 Å². The highest BCUT2D eigenvalue weighted by Crippen LogP contribution is 2.33. The van der Waals surface area contributed by atoms with Crippen molar-refractivity contribution in [3.8, 4) is 0 Å². The van der Waals surface area contributed by atoms with Crippen molar-refractivity contribution in [2.45, 2.75) is 51.1 Å². The summed E-state index contributed by atoms with van der Waals surface area (Å²) in [6.45, 7) is 7.29. The average Bonchev–Trinajstić information content (AvgIpc) is 3.06. The second-order valence-electron chi connectivity index (χ2n) is 7.85. The van der Waals surface area contributed by atoms with Gasteiger partial charge in [-0.2, -0.15) is 0 Å². The summed E-state index contributed by atoms with van der Waals surface area (Å²) in [5.41, 5.74) is 0.119. The monoisotopic (exact) mass is 363 g/mol. The molecule has 1 aromatic rings. The van der Waals surface area contributed by atoms with Gasteiger partial charge in [0.1, 0.15) is 11.5 Å². The first-order chi connectivity index (χ1) is 12.6. The molecule has 0 atom stereocenters. The Bertz CT molecular complexity index is 575. The zero-order valence-electron chi connectivity index (χ0n) is 16.3. The Morgan fingerprint density at radius 1 is 1.23 bits per heavy atom. The van der Waals surface area contributed by atoms with Gasteiger partial charge < -0.3 is 14.5 Å². The number of carbonyl (C=O) groups excluding carboxylic acids is 1. The van der Waals surface area contributed by atoms with Crippen molar-refractivity contribution in [2.24, 2.45) is 0 Å². The first-order valence-electron chi connectivity index (χ1n) is 9.91. The Morgan fingerprint density at radius 3 is 2.62 bits per heavy atom. The van der Waals surface area contributed by atoms with Gasteiger partial charge in [0, 0.05) is 25.2 Å². The number of ether oxygens (including phenoxy) is 1. The van der Waals surface area contributed by atoms with Crippen LogP contribution in [0.5, 0.6) is 0 Å². The van der Waals surface area contributed by atoms with E-state index in [1.54, 1.807) is 0 Å². The van der Waals surface area contributed by atoms with Gasteiger partial charge >= 0.3 is 0 Å². The number of nitrogens with one attached hydrogen (secondary N) is 1. The zero-order chi connectivity index (χ0) is 18.4. The third-order valence-corrected chi connectivity index (χ3v) is 5.72. The molecule has 6 heteroatoms. The lowest BCUT2D eigenvalue weighted by Crippen LogP contribution is -2.60. The molecule has 2 fully saturated rings. The predicted molar refractivity (Wildman–Crippen MR) is 101 cm³/mol. The maximum absolute atomic E-state index is 12.5. The maximum Gasteiger partial charge on any atom is 0.234 e. The van der Waals surface area contributed by atoms with Gasteiger partial charge in [0.15, 0.2) is 0 Å². The van der Waals surface area contributed by atoms with Crippen LogP contribution < -0.4 is 5.32 Å². The van der Waals surface area contributed by atoms with Crippen LogP contribution in [0.1, 0.15) is 43.6 Å². The Morgan fingerprint density at radius 2 is 1.96 bits per heavy atom. The molecule has 0 aromatic carbocycles. The molecule has 0 bridgehead atoms. The van der Waals surface area contributed by atoms with Crippen molar-refractivity contribution in [2.75, 3.05) is 46.4 Å². The van der Waals surface area contributed by atoms with Crippen molar-refractivity contribution >= 4 is 5.91 Å². The molecule has 2 heterocycles. The molecule has 146 valence electrons. The van der Waals surface area contributed by atoms with E-state index in [0.29, 0.717) is 13.1 Å². The predicted octanol–water partition coefficient (Wildman–Crippen LogP) is 2.17. The van der Waals surface area contributed by atoms with Crippen molar-refractivity contribution < 1.29 is 13.9 Å². The molecule has 0 spiro atoms. The zero-order valence-corrected chi connectivity index (χ0v) is 16.3. The number of hydrogen-bond acceptors (Lipinski definition) is 5. The highest BCUT2D eigenvalue weighted by atomic mass is 16.5. The molecule has 1 amide bonds. The van der Waals surface area contributed by atoms with Gasteiger partial charge in [0.2, 0.25) is 5.91 Å². The number of furan rings is 1. The lowest BCUT2D eigenvalue weighted by Gasteiger charge is -2.48. The van der Waals surface area contributed by atoms with Gasteiger partial charge in [-0.25, -0.2) is 0 Å². The van der Waals surface area contributed by atoms with E-state index in [2.05, 4.69) is 10.2 Å². The second kappa shape index (κ2) is 9.02. The smallest absolute Gasteiger partial charge is 0.234 e. The van der Waals surface area contributed by atoms with Crippen molar-refractivity contribution in [3.63, 3.8) is 0 Å². The van der Waals surface area contributed by atoms with E-state index in [9.17, 15) is 4.79 Å². The Balaban J connectivity index is 1.50. The van der Waals surface area contributed by atoms with Crippen LogP contribution in [0, 0.1) is 6.92 Å². The van der Waals surface area contributed by atoms with Gasteiger partial charge in [0.05, 0.1) is 26.3 Å². The molecule has 1 saturated heterocycles. The third kappa shape index (κ3) is 5.09. The van der Waals surface area contributed by atoms with Crippen LogP contribution in [-0.2, 0) is 16.1 Å². The summed E-state index contributed by atoms with van der Waals surface area (Å²) in [4.78, 5) is 17.0.